The summed E-state index contributed by atoms with van der Waals surface area (Å²) in [5.74, 6) is -0.691. The van der Waals surface area contributed by atoms with Gasteiger partial charge in [-0.1, -0.05) is 5.21 Å². The molecule has 3 N–H and O–H groups in total. The molecule has 0 aromatic carbocycles. The Morgan fingerprint density at radius 1 is 1.52 bits per heavy atom. The van der Waals surface area contributed by atoms with Crippen molar-refractivity contribution in [1.82, 2.24) is 24.6 Å². The maximum atomic E-state index is 12.8. The summed E-state index contributed by atoms with van der Waals surface area (Å²) in [4.78, 5) is 11.3. The highest BCUT2D eigenvalue weighted by atomic mass is 79.9. The van der Waals surface area contributed by atoms with Crippen LogP contribution in [-0.2, 0) is 21.9 Å². The monoisotopic (exact) mass is 380 g/mol. The van der Waals surface area contributed by atoms with E-state index in [-0.39, 0.29) is 22.2 Å². The summed E-state index contributed by atoms with van der Waals surface area (Å²) in [6.07, 6.45) is 1.24. The van der Waals surface area contributed by atoms with Crippen molar-refractivity contribution in [3.8, 4) is 0 Å². The summed E-state index contributed by atoms with van der Waals surface area (Å²) in [6.45, 7) is 1.03. The number of sulfonamides is 1. The number of nitrogens with two attached hydrogens (primary N) is 1. The number of halogens is 1. The molecule has 1 amide bonds. The molecule has 0 unspecified atom stereocenters. The Labute approximate surface area is 131 Å². The lowest BCUT2D eigenvalue weighted by molar-refractivity contribution is -0.118. The predicted molar refractivity (Wildman–Crippen MR) is 77.7 cm³/mol. The van der Waals surface area contributed by atoms with Gasteiger partial charge in [0.05, 0.1) is 6.54 Å². The summed E-state index contributed by atoms with van der Waals surface area (Å²) in [5.41, 5.74) is 5.22. The van der Waals surface area contributed by atoms with E-state index < -0.39 is 15.9 Å². The Morgan fingerprint density at radius 2 is 2.14 bits per heavy atom. The van der Waals surface area contributed by atoms with Crippen LogP contribution in [-0.4, -0.2) is 59.3 Å². The molecule has 0 bridgehead atoms. The normalized spacial score (nSPS) is 17.3. The van der Waals surface area contributed by atoms with Gasteiger partial charge in [-0.2, -0.15) is 4.31 Å². The molecule has 0 aliphatic carbocycles. The fourth-order valence-corrected chi connectivity index (χ4v) is 5.05. The van der Waals surface area contributed by atoms with E-state index >= 15 is 0 Å². The fourth-order valence-electron chi connectivity index (χ4n) is 2.37. The smallest absolute Gasteiger partial charge is 0.263 e. The van der Waals surface area contributed by atoms with E-state index in [9.17, 15) is 13.2 Å². The molecule has 21 heavy (non-hydrogen) atoms. The molecule has 118 valence electrons. The van der Waals surface area contributed by atoms with Crippen LogP contribution in [0.4, 0.5) is 0 Å². The highest BCUT2D eigenvalue weighted by Crippen LogP contribution is 2.26. The number of carbonyl (C=O) groups excluding carboxylic acids is 1. The van der Waals surface area contributed by atoms with E-state index in [2.05, 4.69) is 31.6 Å². The minimum Gasteiger partial charge on any atom is -0.369 e. The van der Waals surface area contributed by atoms with Crippen molar-refractivity contribution in [2.75, 3.05) is 19.6 Å². The van der Waals surface area contributed by atoms with Gasteiger partial charge < -0.3 is 11.1 Å². The molecule has 2 heterocycles. The fraction of sp³-hybridized carbons (Fsp3) is 0.700. The Kier molecular flexibility index (Phi) is 4.96. The first kappa shape index (κ1) is 16.3. The van der Waals surface area contributed by atoms with Gasteiger partial charge in [0.15, 0.2) is 4.60 Å². The minimum atomic E-state index is -3.92. The van der Waals surface area contributed by atoms with Crippen molar-refractivity contribution in [2.45, 2.75) is 23.9 Å². The summed E-state index contributed by atoms with van der Waals surface area (Å²) in [5, 5.41) is 10.4. The predicted octanol–water partition coefficient (Wildman–Crippen LogP) is -1.19. The number of hydrogen-bond donors (Lipinski definition) is 2. The van der Waals surface area contributed by atoms with Crippen LogP contribution in [0.5, 0.6) is 0 Å². The number of piperidine rings is 1. The van der Waals surface area contributed by atoms with E-state index in [1.54, 1.807) is 0 Å². The average Bonchev–Trinajstić information content (AvgIpc) is 2.76. The van der Waals surface area contributed by atoms with Gasteiger partial charge in [0, 0.05) is 13.1 Å². The molecule has 0 spiro atoms. The van der Waals surface area contributed by atoms with E-state index in [0.29, 0.717) is 25.9 Å². The molecule has 1 fully saturated rings. The number of nitrogens with zero attached hydrogens (tertiary/aromatic N) is 4. The molecule has 1 aliphatic rings. The van der Waals surface area contributed by atoms with Crippen LogP contribution in [0.2, 0.25) is 0 Å². The number of amides is 1. The molecule has 2 rings (SSSR count). The van der Waals surface area contributed by atoms with Gasteiger partial charge in [0.2, 0.25) is 10.9 Å². The number of hydrogen-bond acceptors (Lipinski definition) is 6. The second-order valence-electron chi connectivity index (χ2n) is 4.81. The standard InChI is InChI=1S/C10H17BrN6O3S/c1-16-10(9(11)14-15-16)21(19,20)17(6-8(12)18)7-2-4-13-5-3-7/h7,13H,2-6H2,1H3,(H2,12,18). The van der Waals surface area contributed by atoms with E-state index in [1.807, 2.05) is 0 Å². The number of aryl methyl sites for hydroxylation is 1. The topological polar surface area (TPSA) is 123 Å². The van der Waals surface area contributed by atoms with Crippen molar-refractivity contribution in [1.29, 1.82) is 0 Å². The third-order valence-electron chi connectivity index (χ3n) is 3.32. The zero-order valence-electron chi connectivity index (χ0n) is 11.5. The lowest BCUT2D eigenvalue weighted by atomic mass is 10.1. The molecule has 11 heteroatoms. The van der Waals surface area contributed by atoms with E-state index in [0.717, 1.165) is 8.99 Å². The van der Waals surface area contributed by atoms with Gasteiger partial charge in [-0.15, -0.1) is 5.10 Å². The molecule has 0 saturated carbocycles. The lowest BCUT2D eigenvalue weighted by Gasteiger charge is -2.32. The van der Waals surface area contributed by atoms with Crippen LogP contribution in [0.1, 0.15) is 12.8 Å². The van der Waals surface area contributed by atoms with Crippen molar-refractivity contribution >= 4 is 31.9 Å². The van der Waals surface area contributed by atoms with Crippen molar-refractivity contribution in [2.24, 2.45) is 12.8 Å². The molecule has 1 aliphatic heterocycles. The SMILES string of the molecule is Cn1nnc(Br)c1S(=O)(=O)N(CC(N)=O)C1CCNCC1. The maximum Gasteiger partial charge on any atom is 0.263 e. The zero-order chi connectivity index (χ0) is 15.6. The Morgan fingerprint density at radius 3 is 2.62 bits per heavy atom. The van der Waals surface area contributed by atoms with Crippen LogP contribution in [0.25, 0.3) is 0 Å². The van der Waals surface area contributed by atoms with Gasteiger partial charge >= 0.3 is 0 Å². The first-order valence-corrected chi connectivity index (χ1v) is 8.63. The highest BCUT2D eigenvalue weighted by Gasteiger charge is 2.37. The Bertz CT molecular complexity index is 605. The number of primary amides is 1. The molecule has 0 atom stereocenters. The zero-order valence-corrected chi connectivity index (χ0v) is 13.9. The van der Waals surface area contributed by atoms with Crippen LogP contribution in [0, 0.1) is 0 Å². The summed E-state index contributed by atoms with van der Waals surface area (Å²) in [7, 11) is -2.44. The first-order chi connectivity index (χ1) is 9.84. The van der Waals surface area contributed by atoms with Crippen LogP contribution >= 0.6 is 15.9 Å². The van der Waals surface area contributed by atoms with Crippen LogP contribution in [0.3, 0.4) is 0 Å². The second kappa shape index (κ2) is 6.38. The molecule has 1 aromatic heterocycles. The molecular weight excluding hydrogens is 364 g/mol. The first-order valence-electron chi connectivity index (χ1n) is 6.40. The number of rotatable bonds is 5. The molecule has 1 saturated heterocycles. The quantitative estimate of drug-likeness (QED) is 0.661. The van der Waals surface area contributed by atoms with Gasteiger partial charge in [0.25, 0.3) is 10.0 Å². The molecule has 9 nitrogen and oxygen atoms in total. The van der Waals surface area contributed by atoms with Gasteiger partial charge in [-0.05, 0) is 41.9 Å². The number of aromatic nitrogens is 3. The highest BCUT2D eigenvalue weighted by molar-refractivity contribution is 9.10. The van der Waals surface area contributed by atoms with Crippen molar-refractivity contribution in [3.63, 3.8) is 0 Å². The maximum absolute atomic E-state index is 12.8. The Hall–Kier alpha value is -1.04. The molecule has 0 radical (unpaired) electrons. The third-order valence-corrected chi connectivity index (χ3v) is 6.11. The lowest BCUT2D eigenvalue weighted by Crippen LogP contribution is -2.49. The summed E-state index contributed by atoms with van der Waals surface area (Å²) < 4.78 is 28.1. The summed E-state index contributed by atoms with van der Waals surface area (Å²) in [6, 6.07) is -0.273. The van der Waals surface area contributed by atoms with E-state index in [4.69, 9.17) is 5.73 Å². The van der Waals surface area contributed by atoms with Gasteiger partial charge in [-0.25, -0.2) is 13.1 Å². The van der Waals surface area contributed by atoms with Crippen molar-refractivity contribution in [3.05, 3.63) is 4.60 Å². The van der Waals surface area contributed by atoms with Crippen LogP contribution in [0.15, 0.2) is 9.63 Å². The van der Waals surface area contributed by atoms with Gasteiger partial charge in [-0.3, -0.25) is 4.79 Å². The Balaban J connectivity index is 2.41. The largest absolute Gasteiger partial charge is 0.369 e. The van der Waals surface area contributed by atoms with Crippen LogP contribution < -0.4 is 11.1 Å². The minimum absolute atomic E-state index is 0.0812. The van der Waals surface area contributed by atoms with Crippen molar-refractivity contribution < 1.29 is 13.2 Å². The average molecular weight is 381 g/mol. The molecular formula is C10H17BrN6O3S. The summed E-state index contributed by atoms with van der Waals surface area (Å²) >= 11 is 3.08. The van der Waals surface area contributed by atoms with Gasteiger partial charge in [0.1, 0.15) is 0 Å². The number of carbonyl (C=O) groups is 1. The second-order valence-corrected chi connectivity index (χ2v) is 7.36. The molecule has 1 aromatic rings. The number of nitrogens with one attached hydrogen (secondary N) is 1. The van der Waals surface area contributed by atoms with E-state index in [1.165, 1.54) is 7.05 Å². The third kappa shape index (κ3) is 3.42.